The van der Waals surface area contributed by atoms with Crippen LogP contribution in [0.1, 0.15) is 24.8 Å². The van der Waals surface area contributed by atoms with Crippen LogP contribution >= 0.6 is 0 Å². The van der Waals surface area contributed by atoms with Crippen molar-refractivity contribution in [3.8, 4) is 0 Å². The van der Waals surface area contributed by atoms with Crippen molar-refractivity contribution < 1.29 is 13.9 Å². The van der Waals surface area contributed by atoms with Gasteiger partial charge >= 0.3 is 6.03 Å². The van der Waals surface area contributed by atoms with Gasteiger partial charge in [-0.15, -0.1) is 0 Å². The first-order chi connectivity index (χ1) is 15.4. The molecule has 1 aromatic rings. The average molecular weight is 444 g/mol. The zero-order valence-corrected chi connectivity index (χ0v) is 18.1. The van der Waals surface area contributed by atoms with Gasteiger partial charge in [0.05, 0.1) is 12.2 Å². The Hall–Kier alpha value is -3.40. The van der Waals surface area contributed by atoms with Crippen molar-refractivity contribution in [1.82, 2.24) is 15.5 Å². The number of nitrogens with zero attached hydrogens (tertiary/aromatic N) is 1. The first-order valence-corrected chi connectivity index (χ1v) is 10.6. The number of amides is 2. The molecule has 1 saturated heterocycles. The molecule has 1 fully saturated rings. The number of hydrogen-bond acceptors (Lipinski definition) is 6. The van der Waals surface area contributed by atoms with E-state index in [2.05, 4.69) is 16.0 Å². The van der Waals surface area contributed by atoms with Crippen LogP contribution in [-0.4, -0.2) is 62.4 Å². The SMILES string of the molecule is CN/C=C(\C=N)c1ccc(NC(=N)C2=C(NC3CCOCC3)CCN(C(N)=O)C2)c(F)c1. The van der Waals surface area contributed by atoms with Gasteiger partial charge in [-0.25, -0.2) is 9.18 Å². The van der Waals surface area contributed by atoms with Crippen molar-refractivity contribution in [2.75, 3.05) is 38.7 Å². The summed E-state index contributed by atoms with van der Waals surface area (Å²) in [6, 6.07) is 4.21. The predicted octanol–water partition coefficient (Wildman–Crippen LogP) is 2.23. The number of rotatable bonds is 7. The molecule has 0 atom stereocenters. The van der Waals surface area contributed by atoms with Gasteiger partial charge in [0, 0.05) is 68.5 Å². The van der Waals surface area contributed by atoms with E-state index >= 15 is 0 Å². The third-order valence-corrected chi connectivity index (χ3v) is 5.58. The Kier molecular flexibility index (Phi) is 7.82. The highest BCUT2D eigenvalue weighted by molar-refractivity contribution is 6.09. The fraction of sp³-hybridized carbons (Fsp3) is 0.409. The van der Waals surface area contributed by atoms with Crippen molar-refractivity contribution in [1.29, 1.82) is 10.8 Å². The molecule has 0 aliphatic carbocycles. The maximum atomic E-state index is 14.8. The molecule has 32 heavy (non-hydrogen) atoms. The number of allylic oxidation sites excluding steroid dienone is 1. The molecule has 2 aliphatic heterocycles. The van der Waals surface area contributed by atoms with Crippen LogP contribution in [-0.2, 0) is 4.74 Å². The summed E-state index contributed by atoms with van der Waals surface area (Å²) in [6.07, 6.45) is 5.01. The molecule has 0 unspecified atom stereocenters. The standard InChI is InChI=1S/C22H30FN7O2/c1-27-12-15(11-24)14-2-3-20(18(23)10-14)29-21(25)17-13-30(22(26)31)7-4-19(17)28-16-5-8-32-9-6-16/h2-3,10-12,16,24,27-28H,4-9,13H2,1H3,(H2,25,29)(H2,26,31)/b15-12+,24-11?. The van der Waals surface area contributed by atoms with E-state index in [1.165, 1.54) is 17.0 Å². The van der Waals surface area contributed by atoms with Crippen LogP contribution in [0.3, 0.4) is 0 Å². The largest absolute Gasteiger partial charge is 0.393 e. The molecule has 0 radical (unpaired) electrons. The molecule has 2 aliphatic rings. The summed E-state index contributed by atoms with van der Waals surface area (Å²) in [4.78, 5) is 13.2. The van der Waals surface area contributed by atoms with Crippen LogP contribution in [0, 0.1) is 16.6 Å². The summed E-state index contributed by atoms with van der Waals surface area (Å²) in [5, 5.41) is 25.3. The Bertz CT molecular complexity index is 938. The molecule has 0 spiro atoms. The number of ether oxygens (including phenoxy) is 1. The van der Waals surface area contributed by atoms with Gasteiger partial charge in [0.15, 0.2) is 0 Å². The Morgan fingerprint density at radius 1 is 1.34 bits per heavy atom. The van der Waals surface area contributed by atoms with Gasteiger partial charge in [-0.1, -0.05) is 6.07 Å². The molecule has 0 saturated carbocycles. The smallest absolute Gasteiger partial charge is 0.315 e. The van der Waals surface area contributed by atoms with E-state index in [1.807, 2.05) is 0 Å². The van der Waals surface area contributed by atoms with E-state index in [0.717, 1.165) is 24.8 Å². The van der Waals surface area contributed by atoms with Crippen molar-refractivity contribution >= 4 is 29.3 Å². The quantitative estimate of drug-likeness (QED) is 0.283. The summed E-state index contributed by atoms with van der Waals surface area (Å²) in [5.41, 5.74) is 8.13. The number of nitrogens with two attached hydrogens (primary N) is 1. The monoisotopic (exact) mass is 443 g/mol. The first kappa shape index (κ1) is 23.3. The highest BCUT2D eigenvalue weighted by Gasteiger charge is 2.26. The van der Waals surface area contributed by atoms with Gasteiger partial charge in [0.25, 0.3) is 0 Å². The third-order valence-electron chi connectivity index (χ3n) is 5.58. The number of benzene rings is 1. The lowest BCUT2D eigenvalue weighted by Crippen LogP contribution is -2.46. The number of anilines is 1. The van der Waals surface area contributed by atoms with Crippen molar-refractivity contribution in [3.05, 3.63) is 47.0 Å². The zero-order chi connectivity index (χ0) is 23.1. The lowest BCUT2D eigenvalue weighted by atomic mass is 10.0. The highest BCUT2D eigenvalue weighted by Crippen LogP contribution is 2.24. The summed E-state index contributed by atoms with van der Waals surface area (Å²) < 4.78 is 20.2. The van der Waals surface area contributed by atoms with E-state index in [-0.39, 0.29) is 24.1 Å². The number of nitrogens with one attached hydrogen (secondary N) is 5. The van der Waals surface area contributed by atoms with Gasteiger partial charge < -0.3 is 36.7 Å². The van der Waals surface area contributed by atoms with Gasteiger partial charge in [-0.2, -0.15) is 0 Å². The Morgan fingerprint density at radius 2 is 2.09 bits per heavy atom. The fourth-order valence-electron chi connectivity index (χ4n) is 3.80. The molecule has 0 aromatic heterocycles. The third kappa shape index (κ3) is 5.64. The van der Waals surface area contributed by atoms with Gasteiger partial charge in [0.1, 0.15) is 11.7 Å². The maximum absolute atomic E-state index is 14.8. The van der Waals surface area contributed by atoms with Gasteiger partial charge in [-0.3, -0.25) is 5.41 Å². The van der Waals surface area contributed by atoms with E-state index < -0.39 is 11.8 Å². The lowest BCUT2D eigenvalue weighted by molar-refractivity contribution is 0.0798. The predicted molar refractivity (Wildman–Crippen MR) is 123 cm³/mol. The summed E-state index contributed by atoms with van der Waals surface area (Å²) in [7, 11) is 1.70. The van der Waals surface area contributed by atoms with Crippen LogP contribution in [0.25, 0.3) is 5.57 Å². The van der Waals surface area contributed by atoms with Crippen LogP contribution in [0.5, 0.6) is 0 Å². The average Bonchev–Trinajstić information content (AvgIpc) is 2.79. The van der Waals surface area contributed by atoms with Crippen molar-refractivity contribution in [2.24, 2.45) is 5.73 Å². The van der Waals surface area contributed by atoms with E-state index in [9.17, 15) is 9.18 Å². The van der Waals surface area contributed by atoms with Crippen LogP contribution in [0.2, 0.25) is 0 Å². The Labute approximate surface area is 186 Å². The molecule has 2 heterocycles. The van der Waals surface area contributed by atoms with Crippen molar-refractivity contribution in [3.63, 3.8) is 0 Å². The number of halogens is 1. The van der Waals surface area contributed by atoms with E-state index in [4.69, 9.17) is 21.3 Å². The zero-order valence-electron chi connectivity index (χ0n) is 18.1. The van der Waals surface area contributed by atoms with Crippen molar-refractivity contribution in [2.45, 2.75) is 25.3 Å². The topological polar surface area (TPSA) is 139 Å². The van der Waals surface area contributed by atoms with Crippen LogP contribution in [0.4, 0.5) is 14.9 Å². The number of amidine groups is 1. The Morgan fingerprint density at radius 3 is 2.72 bits per heavy atom. The minimum atomic E-state index is -0.550. The number of carbonyl (C=O) groups excluding carboxylic acids is 1. The molecule has 10 heteroatoms. The molecular formula is C22H30FN7O2. The molecule has 172 valence electrons. The van der Waals surface area contributed by atoms with Gasteiger partial charge in [-0.05, 0) is 30.5 Å². The maximum Gasteiger partial charge on any atom is 0.315 e. The minimum absolute atomic E-state index is 0.00945. The second kappa shape index (κ2) is 10.8. The molecular weight excluding hydrogens is 413 g/mol. The Balaban J connectivity index is 1.82. The molecule has 1 aromatic carbocycles. The number of hydrogen-bond donors (Lipinski definition) is 6. The first-order valence-electron chi connectivity index (χ1n) is 10.6. The van der Waals surface area contributed by atoms with Crippen LogP contribution < -0.4 is 21.7 Å². The highest BCUT2D eigenvalue weighted by atomic mass is 19.1. The van der Waals surface area contributed by atoms with E-state index in [1.54, 1.807) is 19.3 Å². The second-order valence-corrected chi connectivity index (χ2v) is 7.73. The molecule has 9 nitrogen and oxygen atoms in total. The minimum Gasteiger partial charge on any atom is -0.393 e. The summed E-state index contributed by atoms with van der Waals surface area (Å²) in [6.45, 7) is 2.00. The summed E-state index contributed by atoms with van der Waals surface area (Å²) >= 11 is 0. The molecule has 0 bridgehead atoms. The van der Waals surface area contributed by atoms with Crippen LogP contribution in [0.15, 0.2) is 35.7 Å². The van der Waals surface area contributed by atoms with Gasteiger partial charge in [0.2, 0.25) is 0 Å². The second-order valence-electron chi connectivity index (χ2n) is 7.73. The number of urea groups is 1. The molecule has 7 N–H and O–H groups in total. The fourth-order valence-corrected chi connectivity index (χ4v) is 3.80. The molecule has 3 rings (SSSR count). The lowest BCUT2D eigenvalue weighted by Gasteiger charge is -2.33. The van der Waals surface area contributed by atoms with E-state index in [0.29, 0.717) is 42.9 Å². The number of carbonyl (C=O) groups is 1. The molecule has 2 amide bonds. The summed E-state index contributed by atoms with van der Waals surface area (Å²) in [5.74, 6) is -0.534. The number of primary amides is 1. The normalized spacial score (nSPS) is 17.7.